The van der Waals surface area contributed by atoms with Gasteiger partial charge in [-0.25, -0.2) is 0 Å². The molecule has 2 aliphatic heterocycles. The summed E-state index contributed by atoms with van der Waals surface area (Å²) in [6.45, 7) is 4.41. The van der Waals surface area contributed by atoms with Crippen molar-refractivity contribution in [2.75, 3.05) is 36.4 Å². The molecule has 1 aromatic rings. The lowest BCUT2D eigenvalue weighted by Gasteiger charge is -2.24. The molecule has 0 aliphatic carbocycles. The molecule has 1 N–H and O–H groups in total. The van der Waals surface area contributed by atoms with E-state index >= 15 is 0 Å². The highest BCUT2D eigenvalue weighted by atomic mass is 16.1. The van der Waals surface area contributed by atoms with Gasteiger partial charge in [0, 0.05) is 49.8 Å². The molecule has 1 aromatic carbocycles. The van der Waals surface area contributed by atoms with Crippen LogP contribution in [0.3, 0.4) is 0 Å². The highest BCUT2D eigenvalue weighted by Crippen LogP contribution is 2.21. The summed E-state index contributed by atoms with van der Waals surface area (Å²) < 4.78 is 0. The minimum atomic E-state index is -0.0527. The average Bonchev–Trinajstić information content (AvgIpc) is 2.91. The van der Waals surface area contributed by atoms with Crippen LogP contribution in [0.25, 0.3) is 0 Å². The molecule has 2 aliphatic rings. The number of carbonyl (C=O) groups excluding carboxylic acids is 1. The van der Waals surface area contributed by atoms with Crippen molar-refractivity contribution in [3.63, 3.8) is 0 Å². The van der Waals surface area contributed by atoms with Crippen LogP contribution in [0.2, 0.25) is 0 Å². The van der Waals surface area contributed by atoms with Crippen molar-refractivity contribution in [3.05, 3.63) is 36.5 Å². The van der Waals surface area contributed by atoms with Crippen LogP contribution in [-0.2, 0) is 4.79 Å². The van der Waals surface area contributed by atoms with Gasteiger partial charge in [-0.3, -0.25) is 4.79 Å². The SMILES string of the molecule is O=C(/C=C/N1CCCCC1)Nc1ccc(N2CCCCCC2)cc1. The highest BCUT2D eigenvalue weighted by Gasteiger charge is 2.10. The van der Waals surface area contributed by atoms with Gasteiger partial charge in [0.2, 0.25) is 5.91 Å². The van der Waals surface area contributed by atoms with Crippen LogP contribution >= 0.6 is 0 Å². The minimum Gasteiger partial charge on any atom is -0.377 e. The van der Waals surface area contributed by atoms with Gasteiger partial charge < -0.3 is 15.1 Å². The predicted octanol–water partition coefficient (Wildman–Crippen LogP) is 4.01. The molecular formula is C20H29N3O. The van der Waals surface area contributed by atoms with Crippen LogP contribution in [0.4, 0.5) is 11.4 Å². The molecule has 0 atom stereocenters. The summed E-state index contributed by atoms with van der Waals surface area (Å²) in [5, 5.41) is 2.95. The van der Waals surface area contributed by atoms with Crippen molar-refractivity contribution >= 4 is 17.3 Å². The maximum absolute atomic E-state index is 12.1. The Morgan fingerprint density at radius 3 is 2.08 bits per heavy atom. The second kappa shape index (κ2) is 8.76. The fourth-order valence-electron chi connectivity index (χ4n) is 3.51. The Balaban J connectivity index is 1.51. The molecule has 0 saturated carbocycles. The fourth-order valence-corrected chi connectivity index (χ4v) is 3.51. The second-order valence-corrected chi connectivity index (χ2v) is 6.85. The first-order valence-electron chi connectivity index (χ1n) is 9.39. The van der Waals surface area contributed by atoms with Crippen LogP contribution < -0.4 is 10.2 Å². The number of rotatable bonds is 4. The minimum absolute atomic E-state index is 0.0527. The first-order chi connectivity index (χ1) is 11.8. The maximum atomic E-state index is 12.1. The van der Waals surface area contributed by atoms with Gasteiger partial charge in [-0.05, 0) is 56.4 Å². The number of hydrogen-bond donors (Lipinski definition) is 1. The monoisotopic (exact) mass is 327 g/mol. The number of amides is 1. The van der Waals surface area contributed by atoms with Crippen molar-refractivity contribution in [2.24, 2.45) is 0 Å². The zero-order valence-electron chi connectivity index (χ0n) is 14.5. The van der Waals surface area contributed by atoms with Crippen molar-refractivity contribution in [3.8, 4) is 0 Å². The summed E-state index contributed by atoms with van der Waals surface area (Å²) >= 11 is 0. The first-order valence-corrected chi connectivity index (χ1v) is 9.39. The van der Waals surface area contributed by atoms with Gasteiger partial charge in [0.15, 0.2) is 0 Å². The number of anilines is 2. The van der Waals surface area contributed by atoms with Crippen molar-refractivity contribution in [1.29, 1.82) is 0 Å². The molecule has 0 aromatic heterocycles. The molecule has 4 heteroatoms. The van der Waals surface area contributed by atoms with E-state index in [2.05, 4.69) is 27.2 Å². The number of carbonyl (C=O) groups is 1. The molecule has 0 unspecified atom stereocenters. The van der Waals surface area contributed by atoms with Gasteiger partial charge in [0.1, 0.15) is 0 Å². The number of piperidine rings is 1. The number of benzene rings is 1. The summed E-state index contributed by atoms with van der Waals surface area (Å²) in [6, 6.07) is 8.25. The van der Waals surface area contributed by atoms with E-state index in [9.17, 15) is 4.79 Å². The third-order valence-electron chi connectivity index (χ3n) is 4.93. The maximum Gasteiger partial charge on any atom is 0.249 e. The molecule has 0 spiro atoms. The second-order valence-electron chi connectivity index (χ2n) is 6.85. The largest absolute Gasteiger partial charge is 0.377 e. The Bertz CT molecular complexity index is 539. The van der Waals surface area contributed by atoms with Gasteiger partial charge in [0.25, 0.3) is 0 Å². The zero-order valence-corrected chi connectivity index (χ0v) is 14.5. The zero-order chi connectivity index (χ0) is 16.6. The molecule has 2 fully saturated rings. The molecule has 1 amide bonds. The Hall–Kier alpha value is -1.97. The molecule has 0 radical (unpaired) electrons. The highest BCUT2D eigenvalue weighted by molar-refractivity contribution is 5.99. The molecule has 2 heterocycles. The molecule has 130 valence electrons. The Labute approximate surface area is 145 Å². The Kier molecular flexibility index (Phi) is 6.16. The van der Waals surface area contributed by atoms with E-state index in [1.165, 1.54) is 50.6 Å². The van der Waals surface area contributed by atoms with Gasteiger partial charge in [-0.1, -0.05) is 12.8 Å². The lowest BCUT2D eigenvalue weighted by molar-refractivity contribution is -0.112. The number of likely N-dealkylation sites (tertiary alicyclic amines) is 1. The molecule has 2 saturated heterocycles. The van der Waals surface area contributed by atoms with Crippen LogP contribution in [0.15, 0.2) is 36.5 Å². The van der Waals surface area contributed by atoms with E-state index in [1.54, 1.807) is 6.08 Å². The average molecular weight is 327 g/mol. The predicted molar refractivity (Wildman–Crippen MR) is 100 cm³/mol. The van der Waals surface area contributed by atoms with E-state index in [0.717, 1.165) is 31.9 Å². The Morgan fingerprint density at radius 2 is 1.42 bits per heavy atom. The van der Waals surface area contributed by atoms with E-state index < -0.39 is 0 Å². The van der Waals surface area contributed by atoms with E-state index in [-0.39, 0.29) is 5.91 Å². The summed E-state index contributed by atoms with van der Waals surface area (Å²) in [5.74, 6) is -0.0527. The van der Waals surface area contributed by atoms with Gasteiger partial charge in [-0.2, -0.15) is 0 Å². The van der Waals surface area contributed by atoms with E-state index in [1.807, 2.05) is 18.3 Å². The van der Waals surface area contributed by atoms with Crippen LogP contribution in [0.5, 0.6) is 0 Å². The van der Waals surface area contributed by atoms with Crippen LogP contribution in [0, 0.1) is 0 Å². The van der Waals surface area contributed by atoms with Crippen molar-refractivity contribution < 1.29 is 4.79 Å². The molecule has 0 bridgehead atoms. The third-order valence-corrected chi connectivity index (χ3v) is 4.93. The summed E-state index contributed by atoms with van der Waals surface area (Å²) in [6.07, 6.45) is 12.6. The van der Waals surface area contributed by atoms with Gasteiger partial charge in [0.05, 0.1) is 0 Å². The van der Waals surface area contributed by atoms with Crippen LogP contribution in [0.1, 0.15) is 44.9 Å². The molecule has 24 heavy (non-hydrogen) atoms. The quantitative estimate of drug-likeness (QED) is 0.849. The lowest BCUT2D eigenvalue weighted by atomic mass is 10.1. The van der Waals surface area contributed by atoms with Crippen molar-refractivity contribution in [2.45, 2.75) is 44.9 Å². The van der Waals surface area contributed by atoms with Crippen LogP contribution in [-0.4, -0.2) is 37.0 Å². The third kappa shape index (κ3) is 5.02. The normalized spacial score (nSPS) is 19.3. The lowest BCUT2D eigenvalue weighted by Crippen LogP contribution is -2.25. The molecule has 3 rings (SSSR count). The van der Waals surface area contributed by atoms with Crippen molar-refractivity contribution in [1.82, 2.24) is 4.90 Å². The summed E-state index contributed by atoms with van der Waals surface area (Å²) in [5.41, 5.74) is 2.13. The number of hydrogen-bond acceptors (Lipinski definition) is 3. The first kappa shape index (κ1) is 16.9. The summed E-state index contributed by atoms with van der Waals surface area (Å²) in [4.78, 5) is 16.7. The standard InChI is InChI=1S/C20H29N3O/c24-20(12-17-22-13-4-3-5-14-22)21-18-8-10-19(11-9-18)23-15-6-1-2-7-16-23/h8-12,17H,1-7,13-16H2,(H,21,24)/b17-12+. The Morgan fingerprint density at radius 1 is 0.833 bits per heavy atom. The van der Waals surface area contributed by atoms with E-state index in [0.29, 0.717) is 0 Å². The molecular weight excluding hydrogens is 298 g/mol. The number of nitrogens with zero attached hydrogens (tertiary/aromatic N) is 2. The van der Waals surface area contributed by atoms with E-state index in [4.69, 9.17) is 0 Å². The molecule has 4 nitrogen and oxygen atoms in total. The topological polar surface area (TPSA) is 35.6 Å². The summed E-state index contributed by atoms with van der Waals surface area (Å²) in [7, 11) is 0. The van der Waals surface area contributed by atoms with Gasteiger partial charge in [-0.15, -0.1) is 0 Å². The number of nitrogens with one attached hydrogen (secondary N) is 1. The fraction of sp³-hybridized carbons (Fsp3) is 0.550. The van der Waals surface area contributed by atoms with Gasteiger partial charge >= 0.3 is 0 Å². The smallest absolute Gasteiger partial charge is 0.249 e.